The largest absolute Gasteiger partial charge is 0.496 e. The van der Waals surface area contributed by atoms with Crippen molar-refractivity contribution >= 4 is 39.2 Å². The van der Waals surface area contributed by atoms with E-state index < -0.39 is 11.9 Å². The number of benzene rings is 1. The molecule has 2 heterocycles. The van der Waals surface area contributed by atoms with E-state index in [-0.39, 0.29) is 5.91 Å². The van der Waals surface area contributed by atoms with Crippen LogP contribution in [0.5, 0.6) is 11.5 Å². The van der Waals surface area contributed by atoms with Gasteiger partial charge in [0.05, 0.1) is 19.7 Å². The molecule has 0 aliphatic heterocycles. The summed E-state index contributed by atoms with van der Waals surface area (Å²) < 4.78 is 10.6. The molecule has 0 unspecified atom stereocenters. The summed E-state index contributed by atoms with van der Waals surface area (Å²) in [6.07, 6.45) is 1.59. The zero-order valence-electron chi connectivity index (χ0n) is 14.5. The number of carbonyl (C=O) groups is 2. The highest BCUT2D eigenvalue weighted by molar-refractivity contribution is 7.13. The van der Waals surface area contributed by atoms with Crippen molar-refractivity contribution in [3.63, 3.8) is 0 Å². The van der Waals surface area contributed by atoms with Gasteiger partial charge in [-0.3, -0.25) is 9.59 Å². The number of carbonyl (C=O) groups excluding carboxylic acids is 2. The first-order valence-electron chi connectivity index (χ1n) is 7.78. The summed E-state index contributed by atoms with van der Waals surface area (Å²) in [5.74, 6) is 0.451. The third-order valence-electron chi connectivity index (χ3n) is 3.80. The van der Waals surface area contributed by atoms with Crippen LogP contribution < -0.4 is 20.1 Å². The van der Waals surface area contributed by atoms with Gasteiger partial charge in [-0.15, -0.1) is 11.3 Å². The Balaban J connectivity index is 1.78. The van der Waals surface area contributed by atoms with Gasteiger partial charge in [-0.05, 0) is 25.1 Å². The molecule has 0 saturated carbocycles. The molecule has 0 bridgehead atoms. The van der Waals surface area contributed by atoms with Gasteiger partial charge in [0.25, 0.3) is 5.91 Å². The van der Waals surface area contributed by atoms with Crippen molar-refractivity contribution in [2.75, 3.05) is 19.5 Å². The number of ether oxygens (including phenoxy) is 2. The molecule has 0 radical (unpaired) electrons. The molecule has 2 amide bonds. The number of fused-ring (bicyclic) bond motifs is 1. The van der Waals surface area contributed by atoms with Gasteiger partial charge >= 0.3 is 0 Å². The predicted octanol–water partition coefficient (Wildman–Crippen LogP) is 2.40. The lowest BCUT2D eigenvalue weighted by atomic mass is 10.2. The van der Waals surface area contributed by atoms with E-state index in [0.717, 1.165) is 5.39 Å². The van der Waals surface area contributed by atoms with Gasteiger partial charge in [0, 0.05) is 17.0 Å². The number of anilines is 1. The number of rotatable bonds is 6. The maximum atomic E-state index is 12.5. The second-order valence-corrected chi connectivity index (χ2v) is 6.36. The first-order chi connectivity index (χ1) is 12.5. The molecule has 0 fully saturated rings. The van der Waals surface area contributed by atoms with E-state index >= 15 is 0 Å². The molecule has 0 spiro atoms. The molecule has 1 atom stereocenters. The molecule has 0 saturated heterocycles. The Kier molecular flexibility index (Phi) is 5.08. The zero-order chi connectivity index (χ0) is 18.7. The second kappa shape index (κ2) is 7.44. The highest BCUT2D eigenvalue weighted by Crippen LogP contribution is 2.33. The van der Waals surface area contributed by atoms with Crippen LogP contribution in [0.2, 0.25) is 0 Å². The number of nitrogens with one attached hydrogen (secondary N) is 3. The van der Waals surface area contributed by atoms with Crippen LogP contribution in [0.4, 0.5) is 5.13 Å². The fourth-order valence-corrected chi connectivity index (χ4v) is 3.01. The molecule has 0 aliphatic rings. The number of hydrogen-bond acceptors (Lipinski definition) is 6. The number of nitrogens with zero attached hydrogens (tertiary/aromatic N) is 1. The van der Waals surface area contributed by atoms with Crippen LogP contribution in [-0.4, -0.2) is 42.0 Å². The summed E-state index contributed by atoms with van der Waals surface area (Å²) in [7, 11) is 3.10. The fourth-order valence-electron chi connectivity index (χ4n) is 2.48. The summed E-state index contributed by atoms with van der Waals surface area (Å²) in [5.41, 5.74) is 0.952. The van der Waals surface area contributed by atoms with Gasteiger partial charge in [0.15, 0.2) is 5.13 Å². The number of aromatic nitrogens is 2. The summed E-state index contributed by atoms with van der Waals surface area (Å²) in [6, 6.07) is 4.45. The molecule has 8 nitrogen and oxygen atoms in total. The average Bonchev–Trinajstić information content (AvgIpc) is 3.30. The normalized spacial score (nSPS) is 11.8. The zero-order valence-corrected chi connectivity index (χ0v) is 15.3. The molecular weight excluding hydrogens is 356 g/mol. The smallest absolute Gasteiger partial charge is 0.268 e. The van der Waals surface area contributed by atoms with Crippen LogP contribution in [0.15, 0.2) is 29.8 Å². The molecule has 3 N–H and O–H groups in total. The van der Waals surface area contributed by atoms with Crippen LogP contribution >= 0.6 is 11.3 Å². The number of aromatic amines is 1. The standard InChI is InChI=1S/C17H18N4O4S/c1-9(15(22)21-17-18-6-7-26-17)19-16(23)11-8-10-12(24-2)4-5-13(25-3)14(10)20-11/h4-9,20H,1-3H3,(H,19,23)(H,18,21,22)/t9-/m0/s1. The molecule has 2 aromatic heterocycles. The predicted molar refractivity (Wildman–Crippen MR) is 99.1 cm³/mol. The first kappa shape index (κ1) is 17.7. The molecule has 3 aromatic rings. The Morgan fingerprint density at radius 3 is 2.62 bits per heavy atom. The van der Waals surface area contributed by atoms with E-state index in [1.807, 2.05) is 0 Å². The number of thiazole rings is 1. The van der Waals surface area contributed by atoms with Crippen molar-refractivity contribution in [3.05, 3.63) is 35.5 Å². The van der Waals surface area contributed by atoms with E-state index in [2.05, 4.69) is 20.6 Å². The summed E-state index contributed by atoms with van der Waals surface area (Å²) in [6.45, 7) is 1.60. The molecule has 9 heteroatoms. The summed E-state index contributed by atoms with van der Waals surface area (Å²) >= 11 is 1.31. The Hall–Kier alpha value is -3.07. The second-order valence-electron chi connectivity index (χ2n) is 5.46. The number of methoxy groups -OCH3 is 2. The van der Waals surface area contributed by atoms with Crippen LogP contribution in [-0.2, 0) is 4.79 Å². The molecular formula is C17H18N4O4S. The van der Waals surface area contributed by atoms with Gasteiger partial charge in [-0.1, -0.05) is 0 Å². The minimum absolute atomic E-state index is 0.302. The van der Waals surface area contributed by atoms with E-state index in [0.29, 0.717) is 27.8 Å². The molecule has 1 aromatic carbocycles. The Bertz CT molecular complexity index is 895. The van der Waals surface area contributed by atoms with Crippen molar-refractivity contribution < 1.29 is 19.1 Å². The lowest BCUT2D eigenvalue weighted by molar-refractivity contribution is -0.117. The minimum Gasteiger partial charge on any atom is -0.496 e. The van der Waals surface area contributed by atoms with Crippen molar-refractivity contribution in [1.82, 2.24) is 15.3 Å². The SMILES string of the molecule is COc1ccc(OC)c2[nH]c(C(=O)N[C@@H](C)C(=O)Nc3nccs3)cc12. The van der Waals surface area contributed by atoms with E-state index in [1.165, 1.54) is 11.3 Å². The monoisotopic (exact) mass is 374 g/mol. The van der Waals surface area contributed by atoms with Crippen molar-refractivity contribution in [1.29, 1.82) is 0 Å². The fraction of sp³-hybridized carbons (Fsp3) is 0.235. The van der Waals surface area contributed by atoms with Crippen LogP contribution in [0.25, 0.3) is 10.9 Å². The van der Waals surface area contributed by atoms with Crippen molar-refractivity contribution in [2.45, 2.75) is 13.0 Å². The number of amides is 2. The minimum atomic E-state index is -0.735. The van der Waals surface area contributed by atoms with Crippen LogP contribution in [0.1, 0.15) is 17.4 Å². The number of H-pyrrole nitrogens is 1. The van der Waals surface area contributed by atoms with Gasteiger partial charge in [-0.25, -0.2) is 4.98 Å². The number of hydrogen-bond donors (Lipinski definition) is 3. The quantitative estimate of drug-likeness (QED) is 0.614. The van der Waals surface area contributed by atoms with E-state index in [9.17, 15) is 9.59 Å². The van der Waals surface area contributed by atoms with Gasteiger partial charge < -0.3 is 25.1 Å². The molecule has 3 rings (SSSR count). The molecule has 26 heavy (non-hydrogen) atoms. The third-order valence-corrected chi connectivity index (χ3v) is 4.49. The van der Waals surface area contributed by atoms with Crippen molar-refractivity contribution in [2.24, 2.45) is 0 Å². The first-order valence-corrected chi connectivity index (χ1v) is 8.66. The summed E-state index contributed by atoms with van der Waals surface area (Å²) in [4.78, 5) is 31.7. The third kappa shape index (κ3) is 3.47. The average molecular weight is 374 g/mol. The Morgan fingerprint density at radius 1 is 1.23 bits per heavy atom. The van der Waals surface area contributed by atoms with Gasteiger partial charge in [0.2, 0.25) is 5.91 Å². The highest BCUT2D eigenvalue weighted by atomic mass is 32.1. The topological polar surface area (TPSA) is 105 Å². The molecule has 136 valence electrons. The van der Waals surface area contributed by atoms with E-state index in [1.54, 1.807) is 50.9 Å². The maximum absolute atomic E-state index is 12.5. The van der Waals surface area contributed by atoms with Crippen LogP contribution in [0.3, 0.4) is 0 Å². The van der Waals surface area contributed by atoms with Crippen LogP contribution in [0, 0.1) is 0 Å². The Morgan fingerprint density at radius 2 is 1.96 bits per heavy atom. The van der Waals surface area contributed by atoms with Gasteiger partial charge in [-0.2, -0.15) is 0 Å². The Labute approximate surface area is 153 Å². The summed E-state index contributed by atoms with van der Waals surface area (Å²) in [5, 5.41) is 8.26. The highest BCUT2D eigenvalue weighted by Gasteiger charge is 2.20. The lowest BCUT2D eigenvalue weighted by Crippen LogP contribution is -2.41. The van der Waals surface area contributed by atoms with Gasteiger partial charge in [0.1, 0.15) is 23.2 Å². The molecule has 0 aliphatic carbocycles. The van der Waals surface area contributed by atoms with Crippen molar-refractivity contribution in [3.8, 4) is 11.5 Å². The van der Waals surface area contributed by atoms with E-state index in [4.69, 9.17) is 9.47 Å². The lowest BCUT2D eigenvalue weighted by Gasteiger charge is -2.12. The maximum Gasteiger partial charge on any atom is 0.268 e.